The van der Waals surface area contributed by atoms with Crippen molar-refractivity contribution in [1.82, 2.24) is 10.2 Å². The van der Waals surface area contributed by atoms with E-state index < -0.39 is 41.2 Å². The van der Waals surface area contributed by atoms with Gasteiger partial charge in [-0.3, -0.25) is 14.4 Å². The van der Waals surface area contributed by atoms with Crippen LogP contribution in [0, 0.1) is 17.3 Å². The van der Waals surface area contributed by atoms with E-state index in [-0.39, 0.29) is 34.6 Å². The van der Waals surface area contributed by atoms with Gasteiger partial charge in [0.15, 0.2) is 0 Å². The summed E-state index contributed by atoms with van der Waals surface area (Å²) in [5.74, 6) is -1.90. The molecule has 222 valence electrons. The number of fused-ring (bicyclic) bond motifs is 1. The summed E-state index contributed by atoms with van der Waals surface area (Å²) in [6, 6.07) is 5.54. The number of nitrogens with zero attached hydrogens (tertiary/aromatic N) is 1. The van der Waals surface area contributed by atoms with Gasteiger partial charge in [-0.25, -0.2) is 0 Å². The summed E-state index contributed by atoms with van der Waals surface area (Å²) in [7, 11) is 0. The molecule has 3 aliphatic heterocycles. The van der Waals surface area contributed by atoms with Gasteiger partial charge in [-0.15, -0.1) is 0 Å². The van der Waals surface area contributed by atoms with Gasteiger partial charge in [0.2, 0.25) is 17.7 Å². The molecule has 3 saturated heterocycles. The second-order valence-corrected chi connectivity index (χ2v) is 14.4. The first kappa shape index (κ1) is 30.8. The van der Waals surface area contributed by atoms with Crippen LogP contribution in [0.1, 0.15) is 67.7 Å². The Bertz CT molecular complexity index is 1120. The van der Waals surface area contributed by atoms with Crippen molar-refractivity contribution in [3.8, 4) is 5.75 Å². The van der Waals surface area contributed by atoms with Gasteiger partial charge in [-0.1, -0.05) is 43.6 Å². The lowest BCUT2D eigenvalue weighted by Crippen LogP contribution is -2.61. The third-order valence-corrected chi connectivity index (χ3v) is 9.07. The summed E-state index contributed by atoms with van der Waals surface area (Å²) in [5, 5.41) is 16.4. The number of carbonyl (C=O) groups excluding carboxylic acids is 3. The van der Waals surface area contributed by atoms with Crippen LogP contribution in [0.4, 0.5) is 5.69 Å². The van der Waals surface area contributed by atoms with E-state index >= 15 is 0 Å². The van der Waals surface area contributed by atoms with E-state index in [0.29, 0.717) is 30.9 Å². The Morgan fingerprint density at radius 1 is 1.18 bits per heavy atom. The lowest BCUT2D eigenvalue weighted by atomic mass is 9.70. The van der Waals surface area contributed by atoms with E-state index in [1.165, 1.54) is 4.90 Å². The lowest BCUT2D eigenvalue weighted by molar-refractivity contribution is -0.146. The van der Waals surface area contributed by atoms with Gasteiger partial charge in [0.1, 0.15) is 17.4 Å². The normalized spacial score (nSPS) is 30.3. The second kappa shape index (κ2) is 11.2. The van der Waals surface area contributed by atoms with Crippen molar-refractivity contribution in [1.29, 1.82) is 0 Å². The number of amides is 3. The van der Waals surface area contributed by atoms with Crippen LogP contribution in [0.25, 0.3) is 0 Å². The van der Waals surface area contributed by atoms with Gasteiger partial charge in [0, 0.05) is 16.1 Å². The molecule has 0 radical (unpaired) electrons. The molecule has 3 amide bonds. The minimum Gasteiger partial charge on any atom is -0.494 e. The number of aliphatic hydroxyl groups is 1. The summed E-state index contributed by atoms with van der Waals surface area (Å²) in [6.07, 6.45) is 1.03. The SMILES string of the molecule is CCOc1ccc(NC(=O)[C@H]2[C@@H]3OC4(CC3Br)C(C(=O)NC(C)(C)CC(C)(C)C)N([C@@H](CC)CO)C(=O)[C@H]24)cc1. The van der Waals surface area contributed by atoms with Gasteiger partial charge in [0.25, 0.3) is 0 Å². The van der Waals surface area contributed by atoms with Crippen LogP contribution in [0.2, 0.25) is 0 Å². The highest BCUT2D eigenvalue weighted by Gasteiger charge is 2.77. The van der Waals surface area contributed by atoms with Crippen LogP contribution < -0.4 is 15.4 Å². The van der Waals surface area contributed by atoms with E-state index in [1.54, 1.807) is 24.3 Å². The van der Waals surface area contributed by atoms with Crippen molar-refractivity contribution >= 4 is 39.3 Å². The number of likely N-dealkylation sites (tertiary alicyclic amines) is 1. The van der Waals surface area contributed by atoms with E-state index in [0.717, 1.165) is 6.42 Å². The Hall–Kier alpha value is -2.17. The average molecular weight is 623 g/mol. The Morgan fingerprint density at radius 3 is 2.38 bits per heavy atom. The third kappa shape index (κ3) is 5.63. The summed E-state index contributed by atoms with van der Waals surface area (Å²) < 4.78 is 12.1. The third-order valence-electron chi connectivity index (χ3n) is 8.22. The maximum Gasteiger partial charge on any atom is 0.246 e. The number of benzene rings is 1. The fourth-order valence-corrected chi connectivity index (χ4v) is 8.22. The number of hydrogen-bond donors (Lipinski definition) is 3. The van der Waals surface area contributed by atoms with E-state index in [9.17, 15) is 19.5 Å². The van der Waals surface area contributed by atoms with Crippen LogP contribution in [0.3, 0.4) is 0 Å². The number of ether oxygens (including phenoxy) is 2. The van der Waals surface area contributed by atoms with Crippen molar-refractivity contribution in [2.24, 2.45) is 17.3 Å². The summed E-state index contributed by atoms with van der Waals surface area (Å²) in [4.78, 5) is 43.4. The monoisotopic (exact) mass is 621 g/mol. The van der Waals surface area contributed by atoms with E-state index in [4.69, 9.17) is 9.47 Å². The van der Waals surface area contributed by atoms with Gasteiger partial charge in [0.05, 0.1) is 37.2 Å². The molecule has 4 rings (SSSR count). The molecule has 1 aromatic rings. The minimum absolute atomic E-state index is 0.0346. The fourth-order valence-electron chi connectivity index (χ4n) is 7.27. The highest BCUT2D eigenvalue weighted by Crippen LogP contribution is 2.60. The van der Waals surface area contributed by atoms with Gasteiger partial charge < -0.3 is 30.1 Å². The maximum atomic E-state index is 14.2. The molecule has 7 atom stereocenters. The summed E-state index contributed by atoms with van der Waals surface area (Å²) in [5.41, 5.74) is -1.18. The second-order valence-electron chi connectivity index (χ2n) is 13.2. The Balaban J connectivity index is 1.68. The number of nitrogens with one attached hydrogen (secondary N) is 2. The standard InChI is InChI=1S/C30H44BrN3O6/c1-8-18(15-35)34-24(26(37)33-29(6,7)16-28(3,4)5)30-14-20(31)23(40-30)21(22(30)27(34)38)25(36)32-17-10-12-19(13-11-17)39-9-2/h10-13,18,20-24,35H,8-9,14-16H2,1-7H3,(H,32,36)(H,33,37)/t18-,20?,21+,22-,23+,24?,30?/m0/s1. The molecule has 2 bridgehead atoms. The van der Waals surface area contributed by atoms with Crippen molar-refractivity contribution in [2.45, 2.75) is 102 Å². The van der Waals surface area contributed by atoms with Crippen molar-refractivity contribution in [3.05, 3.63) is 24.3 Å². The highest BCUT2D eigenvalue weighted by molar-refractivity contribution is 9.09. The molecule has 0 aliphatic carbocycles. The van der Waals surface area contributed by atoms with E-state index in [1.807, 2.05) is 27.7 Å². The molecule has 0 aromatic heterocycles. The molecule has 1 aromatic carbocycles. The number of carbonyl (C=O) groups is 3. The first-order chi connectivity index (χ1) is 18.7. The van der Waals surface area contributed by atoms with Crippen LogP contribution in [-0.2, 0) is 19.1 Å². The Kier molecular flexibility index (Phi) is 8.66. The number of halogens is 1. The van der Waals surface area contributed by atoms with Crippen LogP contribution in [0.15, 0.2) is 24.3 Å². The molecular weight excluding hydrogens is 578 g/mol. The number of rotatable bonds is 10. The van der Waals surface area contributed by atoms with Crippen molar-refractivity contribution < 1.29 is 29.0 Å². The topological polar surface area (TPSA) is 117 Å². The molecule has 40 heavy (non-hydrogen) atoms. The number of hydrogen-bond acceptors (Lipinski definition) is 6. The number of alkyl halides is 1. The molecule has 10 heteroatoms. The average Bonchev–Trinajstić information content (AvgIpc) is 3.43. The Morgan fingerprint density at radius 2 is 1.82 bits per heavy atom. The first-order valence-corrected chi connectivity index (χ1v) is 15.2. The van der Waals surface area contributed by atoms with Crippen molar-refractivity contribution in [3.63, 3.8) is 0 Å². The van der Waals surface area contributed by atoms with Crippen LogP contribution >= 0.6 is 15.9 Å². The molecule has 3 heterocycles. The highest BCUT2D eigenvalue weighted by atomic mass is 79.9. The lowest BCUT2D eigenvalue weighted by Gasteiger charge is -2.40. The van der Waals surface area contributed by atoms with Crippen LogP contribution in [0.5, 0.6) is 5.75 Å². The summed E-state index contributed by atoms with van der Waals surface area (Å²) >= 11 is 3.70. The van der Waals surface area contributed by atoms with Crippen molar-refractivity contribution in [2.75, 3.05) is 18.5 Å². The molecule has 3 unspecified atom stereocenters. The zero-order valence-electron chi connectivity index (χ0n) is 24.6. The number of aliphatic hydroxyl groups excluding tert-OH is 1. The smallest absolute Gasteiger partial charge is 0.246 e. The molecular formula is C30H44BrN3O6. The molecule has 3 aliphatic rings. The molecule has 3 fully saturated rings. The molecule has 3 N–H and O–H groups in total. The van der Waals surface area contributed by atoms with Gasteiger partial charge in [-0.2, -0.15) is 0 Å². The molecule has 9 nitrogen and oxygen atoms in total. The summed E-state index contributed by atoms with van der Waals surface area (Å²) in [6.45, 7) is 14.3. The Labute approximate surface area is 245 Å². The van der Waals surface area contributed by atoms with Gasteiger partial charge in [-0.05, 0) is 69.7 Å². The zero-order chi connectivity index (χ0) is 29.6. The maximum absolute atomic E-state index is 14.2. The van der Waals surface area contributed by atoms with E-state index in [2.05, 4.69) is 47.3 Å². The first-order valence-electron chi connectivity index (χ1n) is 14.3. The molecule has 1 spiro atoms. The van der Waals surface area contributed by atoms with Crippen LogP contribution in [-0.4, -0.2) is 75.1 Å². The van der Waals surface area contributed by atoms with Gasteiger partial charge >= 0.3 is 0 Å². The zero-order valence-corrected chi connectivity index (χ0v) is 26.2. The minimum atomic E-state index is -1.18. The molecule has 0 saturated carbocycles. The number of anilines is 1. The predicted octanol–water partition coefficient (Wildman–Crippen LogP) is 3.87. The fraction of sp³-hybridized carbons (Fsp3) is 0.700. The largest absolute Gasteiger partial charge is 0.494 e. The predicted molar refractivity (Wildman–Crippen MR) is 156 cm³/mol. The quantitative estimate of drug-likeness (QED) is 0.341.